The Bertz CT molecular complexity index is 3260. The zero-order valence-corrected chi connectivity index (χ0v) is 33.8. The molecule has 0 amide bonds. The zero-order valence-electron chi connectivity index (χ0n) is 33.0. The number of thiophene rings is 1. The van der Waals surface area contributed by atoms with E-state index in [0.29, 0.717) is 0 Å². The summed E-state index contributed by atoms with van der Waals surface area (Å²) in [6.07, 6.45) is 0. The lowest BCUT2D eigenvalue weighted by Crippen LogP contribution is -2.62. The van der Waals surface area contributed by atoms with Crippen molar-refractivity contribution in [1.29, 1.82) is 0 Å². The summed E-state index contributed by atoms with van der Waals surface area (Å²) >= 11 is 1.92. The van der Waals surface area contributed by atoms with Crippen molar-refractivity contribution in [3.05, 3.63) is 186 Å². The van der Waals surface area contributed by atoms with Gasteiger partial charge in [-0.15, -0.1) is 11.3 Å². The summed E-state index contributed by atoms with van der Waals surface area (Å²) in [6.45, 7) is 9.63. The summed E-state index contributed by atoms with van der Waals surface area (Å²) in [7, 11) is 0. The molecule has 0 radical (unpaired) electrons. The molecule has 0 bridgehead atoms. The molecule has 4 heteroatoms. The highest BCUT2D eigenvalue weighted by Gasteiger charge is 2.52. The maximum Gasteiger partial charge on any atom is 0.333 e. The third-order valence-corrected chi connectivity index (χ3v) is 15.2. The predicted octanol–water partition coefficient (Wildman–Crippen LogP) is 13.4. The molecule has 0 atom stereocenters. The molecule has 0 spiro atoms. The van der Waals surface area contributed by atoms with Gasteiger partial charge in [0.2, 0.25) is 0 Å². The average Bonchev–Trinajstić information content (AvgIpc) is 3.75. The Kier molecular flexibility index (Phi) is 6.31. The standard InChI is InChI=1S/C54H39BN2S/c1-53(2)39-21-10-8-19-37(39)48-42(53)31-38-34-29-28-33(32-16-6-5-7-17-32)30-46(34)57(45-26-14-20-36-35-18-9-13-27-47(35)58-52(36)45)55-43-24-15-23-41-50(43)56(51(48)49(38)55)44-25-12-11-22-40(44)54(41,3)4/h5-31H,1-4H3. The molecular formula is C54H39BN2S. The van der Waals surface area contributed by atoms with Gasteiger partial charge in [-0.05, 0) is 85.8 Å². The van der Waals surface area contributed by atoms with Gasteiger partial charge in [0.05, 0.1) is 16.1 Å². The van der Waals surface area contributed by atoms with E-state index in [-0.39, 0.29) is 17.7 Å². The molecule has 9 aromatic rings. The van der Waals surface area contributed by atoms with Crippen LogP contribution in [0.5, 0.6) is 0 Å². The first kappa shape index (κ1) is 32.7. The zero-order chi connectivity index (χ0) is 38.7. The average molecular weight is 759 g/mol. The molecule has 0 unspecified atom stereocenters. The highest BCUT2D eigenvalue weighted by molar-refractivity contribution is 7.26. The van der Waals surface area contributed by atoms with Crippen LogP contribution in [0.2, 0.25) is 0 Å². The van der Waals surface area contributed by atoms with Gasteiger partial charge >= 0.3 is 6.85 Å². The van der Waals surface area contributed by atoms with E-state index in [4.69, 9.17) is 0 Å². The summed E-state index contributed by atoms with van der Waals surface area (Å²) in [5, 5.41) is 2.64. The summed E-state index contributed by atoms with van der Waals surface area (Å²) in [5.41, 5.74) is 22.2. The second kappa shape index (κ2) is 11.2. The van der Waals surface area contributed by atoms with E-state index in [1.807, 2.05) is 11.3 Å². The van der Waals surface area contributed by atoms with Crippen molar-refractivity contribution in [3.8, 4) is 33.4 Å². The Morgan fingerprint density at radius 2 is 1.16 bits per heavy atom. The first-order chi connectivity index (χ1) is 28.3. The summed E-state index contributed by atoms with van der Waals surface area (Å²) in [4.78, 5) is 5.43. The predicted molar refractivity (Wildman–Crippen MR) is 248 cm³/mol. The molecule has 4 heterocycles. The van der Waals surface area contributed by atoms with Crippen LogP contribution in [0.15, 0.2) is 164 Å². The fraction of sp³-hybridized carbons (Fsp3) is 0.111. The summed E-state index contributed by atoms with van der Waals surface area (Å²) < 4.78 is 2.65. The number of fused-ring (bicyclic) bond motifs is 13. The number of hydrogen-bond donors (Lipinski definition) is 0. The van der Waals surface area contributed by atoms with Crippen LogP contribution >= 0.6 is 11.3 Å². The molecule has 13 rings (SSSR count). The van der Waals surface area contributed by atoms with Crippen LogP contribution < -0.4 is 20.6 Å². The molecule has 0 fully saturated rings. The maximum absolute atomic E-state index is 2.74. The fourth-order valence-electron chi connectivity index (χ4n) is 11.3. The van der Waals surface area contributed by atoms with E-state index < -0.39 is 0 Å². The van der Waals surface area contributed by atoms with Gasteiger partial charge in [-0.1, -0.05) is 161 Å². The third-order valence-electron chi connectivity index (χ3n) is 14.0. The van der Waals surface area contributed by atoms with Crippen molar-refractivity contribution in [2.75, 3.05) is 9.71 Å². The molecule has 58 heavy (non-hydrogen) atoms. The highest BCUT2D eigenvalue weighted by atomic mass is 32.1. The van der Waals surface area contributed by atoms with Crippen molar-refractivity contribution in [3.63, 3.8) is 0 Å². The molecule has 0 N–H and O–H groups in total. The molecule has 1 aliphatic carbocycles. The monoisotopic (exact) mass is 758 g/mol. The molecule has 2 nitrogen and oxygen atoms in total. The largest absolute Gasteiger partial charge is 0.375 e. The Morgan fingerprint density at radius 1 is 0.466 bits per heavy atom. The maximum atomic E-state index is 2.74. The Hall–Kier alpha value is -6.36. The molecule has 0 saturated heterocycles. The SMILES string of the molecule is CC1(C)c2ccccc2-c2c1cc1c3c2N2c4ccccc4C(C)(C)c4cccc(c42)B3N(c2cccc3c2sc2ccccc23)c2cc(-c3ccccc3)ccc2-1. The molecule has 1 aromatic heterocycles. The van der Waals surface area contributed by atoms with Crippen LogP contribution in [0, 0.1) is 0 Å². The number of para-hydroxylation sites is 2. The molecule has 0 saturated carbocycles. The van der Waals surface area contributed by atoms with Crippen molar-refractivity contribution >= 4 is 77.7 Å². The minimum atomic E-state index is -0.197. The van der Waals surface area contributed by atoms with Crippen LogP contribution in [-0.2, 0) is 10.8 Å². The molecular weight excluding hydrogens is 719 g/mol. The molecule has 8 aromatic carbocycles. The van der Waals surface area contributed by atoms with E-state index in [9.17, 15) is 0 Å². The van der Waals surface area contributed by atoms with Gasteiger partial charge in [0, 0.05) is 54.5 Å². The Morgan fingerprint density at radius 3 is 2.03 bits per heavy atom. The smallest absolute Gasteiger partial charge is 0.333 e. The van der Waals surface area contributed by atoms with Gasteiger partial charge in [-0.3, -0.25) is 0 Å². The summed E-state index contributed by atoms with van der Waals surface area (Å²) in [6, 6.07) is 62.2. The minimum absolute atomic E-state index is 0.0761. The topological polar surface area (TPSA) is 6.48 Å². The number of anilines is 5. The van der Waals surface area contributed by atoms with E-state index in [0.717, 1.165) is 0 Å². The van der Waals surface area contributed by atoms with Gasteiger partial charge < -0.3 is 9.71 Å². The Labute approximate surface area is 343 Å². The van der Waals surface area contributed by atoms with Crippen molar-refractivity contribution in [1.82, 2.24) is 0 Å². The molecule has 4 aliphatic rings. The van der Waals surface area contributed by atoms with E-state index in [1.165, 1.54) is 115 Å². The highest BCUT2D eigenvalue weighted by Crippen LogP contribution is 2.61. The van der Waals surface area contributed by atoms with Gasteiger partial charge in [0.1, 0.15) is 0 Å². The van der Waals surface area contributed by atoms with Crippen molar-refractivity contribution in [2.24, 2.45) is 0 Å². The Balaban J connectivity index is 1.23. The lowest BCUT2D eigenvalue weighted by molar-refractivity contribution is 0.632. The molecule has 3 aliphatic heterocycles. The van der Waals surface area contributed by atoms with Gasteiger partial charge in [-0.25, -0.2) is 0 Å². The van der Waals surface area contributed by atoms with Gasteiger partial charge in [-0.2, -0.15) is 0 Å². The van der Waals surface area contributed by atoms with Crippen LogP contribution in [0.1, 0.15) is 49.9 Å². The third kappa shape index (κ3) is 3.99. The van der Waals surface area contributed by atoms with Crippen LogP contribution in [0.3, 0.4) is 0 Å². The van der Waals surface area contributed by atoms with Crippen molar-refractivity contribution < 1.29 is 0 Å². The van der Waals surface area contributed by atoms with E-state index in [2.05, 4.69) is 201 Å². The van der Waals surface area contributed by atoms with E-state index in [1.54, 1.807) is 0 Å². The van der Waals surface area contributed by atoms with Crippen LogP contribution in [0.4, 0.5) is 28.4 Å². The fourth-order valence-corrected chi connectivity index (χ4v) is 12.5. The number of benzene rings is 8. The second-order valence-electron chi connectivity index (χ2n) is 17.6. The lowest BCUT2D eigenvalue weighted by Gasteiger charge is -2.51. The number of hydrogen-bond acceptors (Lipinski definition) is 3. The van der Waals surface area contributed by atoms with E-state index >= 15 is 0 Å². The second-order valence-corrected chi connectivity index (χ2v) is 18.7. The normalized spacial score (nSPS) is 15.8. The van der Waals surface area contributed by atoms with Gasteiger partial charge in [0.15, 0.2) is 0 Å². The first-order valence-electron chi connectivity index (χ1n) is 20.6. The first-order valence-corrected chi connectivity index (χ1v) is 21.4. The minimum Gasteiger partial charge on any atom is -0.375 e. The lowest BCUT2D eigenvalue weighted by atomic mass is 9.42. The van der Waals surface area contributed by atoms with Gasteiger partial charge in [0.25, 0.3) is 0 Å². The van der Waals surface area contributed by atoms with Crippen LogP contribution in [-0.4, -0.2) is 6.85 Å². The molecule has 274 valence electrons. The quantitative estimate of drug-likeness (QED) is 0.162. The van der Waals surface area contributed by atoms with Crippen LogP contribution in [0.25, 0.3) is 53.6 Å². The van der Waals surface area contributed by atoms with Crippen molar-refractivity contribution in [2.45, 2.75) is 38.5 Å². The number of rotatable bonds is 2. The summed E-state index contributed by atoms with van der Waals surface area (Å²) in [5.74, 6) is 0. The number of nitrogens with zero attached hydrogens (tertiary/aromatic N) is 2.